The highest BCUT2D eigenvalue weighted by Crippen LogP contribution is 2.41. The molecule has 4 rings (SSSR count). The molecule has 3 fully saturated rings. The van der Waals surface area contributed by atoms with Crippen molar-refractivity contribution in [1.82, 2.24) is 15.1 Å². The third-order valence-electron chi connectivity index (χ3n) is 8.83. The number of rotatable bonds is 9. The number of amides is 2. The summed E-state index contributed by atoms with van der Waals surface area (Å²) in [6, 6.07) is 10.9. The first-order valence-corrected chi connectivity index (χ1v) is 13.1. The van der Waals surface area contributed by atoms with Crippen LogP contribution in [0.15, 0.2) is 30.3 Å². The molecule has 1 unspecified atom stereocenters. The molecule has 33 heavy (non-hydrogen) atoms. The Hall–Kier alpha value is -1.92. The van der Waals surface area contributed by atoms with Crippen LogP contribution in [-0.2, 0) is 16.0 Å². The van der Waals surface area contributed by atoms with Crippen molar-refractivity contribution in [2.45, 2.75) is 69.9 Å². The number of hydrogen-bond acceptors (Lipinski definition) is 4. The zero-order valence-electron chi connectivity index (χ0n) is 20.5. The molecule has 3 aliphatic rings. The van der Waals surface area contributed by atoms with E-state index in [1.165, 1.54) is 12.0 Å². The molecule has 1 aliphatic carbocycles. The van der Waals surface area contributed by atoms with Gasteiger partial charge in [-0.25, -0.2) is 0 Å². The number of hydrogen-bond donors (Lipinski definition) is 2. The van der Waals surface area contributed by atoms with E-state index >= 15 is 0 Å². The van der Waals surface area contributed by atoms with Gasteiger partial charge < -0.3 is 20.9 Å². The molecule has 182 valence electrons. The van der Waals surface area contributed by atoms with Crippen LogP contribution in [0.3, 0.4) is 0 Å². The third-order valence-corrected chi connectivity index (χ3v) is 8.83. The molecule has 2 aliphatic heterocycles. The van der Waals surface area contributed by atoms with Crippen LogP contribution in [0.5, 0.6) is 0 Å². The minimum Gasteiger partial charge on any atom is -0.368 e. The molecule has 1 aromatic carbocycles. The molecule has 3 N–H and O–H groups in total. The molecule has 0 aromatic heterocycles. The van der Waals surface area contributed by atoms with E-state index in [9.17, 15) is 9.59 Å². The molecule has 0 bridgehead atoms. The van der Waals surface area contributed by atoms with Gasteiger partial charge in [0, 0.05) is 32.2 Å². The number of likely N-dealkylation sites (N-methyl/N-ethyl adjacent to an activating group) is 1. The van der Waals surface area contributed by atoms with Crippen LogP contribution in [-0.4, -0.2) is 66.4 Å². The van der Waals surface area contributed by atoms with Crippen molar-refractivity contribution in [3.63, 3.8) is 0 Å². The number of likely N-dealkylation sites (tertiary alicyclic amines) is 2. The van der Waals surface area contributed by atoms with Crippen LogP contribution < -0.4 is 11.1 Å². The summed E-state index contributed by atoms with van der Waals surface area (Å²) in [5, 5.41) is 3.24. The van der Waals surface area contributed by atoms with Gasteiger partial charge in [0.15, 0.2) is 0 Å². The van der Waals surface area contributed by atoms with E-state index in [0.717, 1.165) is 64.7 Å². The minimum atomic E-state index is -0.969. The van der Waals surface area contributed by atoms with Gasteiger partial charge in [-0.2, -0.15) is 0 Å². The highest BCUT2D eigenvalue weighted by molar-refractivity contribution is 5.93. The molecule has 1 aromatic rings. The van der Waals surface area contributed by atoms with E-state index in [-0.39, 0.29) is 29.7 Å². The van der Waals surface area contributed by atoms with Crippen LogP contribution in [0.4, 0.5) is 0 Å². The number of fused-ring (bicyclic) bond motifs is 1. The SMILES string of the molecule is CCC(NC)(C(N)=O)[C@@H](C(=O)N1CC[C@@H]2CN(CCc3ccccc3)C[C@@H]21)C1CCCCC1. The Morgan fingerprint density at radius 2 is 1.85 bits per heavy atom. The van der Waals surface area contributed by atoms with Gasteiger partial charge in [0.2, 0.25) is 11.8 Å². The number of nitrogens with one attached hydrogen (secondary N) is 1. The lowest BCUT2D eigenvalue weighted by Crippen LogP contribution is -2.65. The quantitative estimate of drug-likeness (QED) is 0.601. The van der Waals surface area contributed by atoms with E-state index in [0.29, 0.717) is 12.3 Å². The summed E-state index contributed by atoms with van der Waals surface area (Å²) in [5.74, 6) is 0.163. The molecular weight excluding hydrogens is 412 g/mol. The van der Waals surface area contributed by atoms with Gasteiger partial charge in [0.25, 0.3) is 0 Å². The Balaban J connectivity index is 1.50. The summed E-state index contributed by atoms with van der Waals surface area (Å²) in [6.45, 7) is 5.83. The number of benzene rings is 1. The lowest BCUT2D eigenvalue weighted by atomic mass is 9.68. The molecule has 0 radical (unpaired) electrons. The molecule has 6 heteroatoms. The van der Waals surface area contributed by atoms with Crippen LogP contribution in [0.1, 0.15) is 57.4 Å². The number of nitrogens with zero attached hydrogens (tertiary/aromatic N) is 2. The maximum Gasteiger partial charge on any atom is 0.238 e. The Morgan fingerprint density at radius 3 is 2.48 bits per heavy atom. The highest BCUT2D eigenvalue weighted by Gasteiger charge is 2.53. The average molecular weight is 455 g/mol. The van der Waals surface area contributed by atoms with E-state index in [4.69, 9.17) is 5.73 Å². The first-order valence-electron chi connectivity index (χ1n) is 13.1. The predicted octanol–water partition coefficient (Wildman–Crippen LogP) is 2.81. The summed E-state index contributed by atoms with van der Waals surface area (Å²) in [7, 11) is 1.80. The lowest BCUT2D eigenvalue weighted by Gasteiger charge is -2.44. The van der Waals surface area contributed by atoms with Crippen molar-refractivity contribution in [3.8, 4) is 0 Å². The Labute approximate surface area is 199 Å². The Bertz CT molecular complexity index is 804. The number of primary amides is 1. The zero-order chi connectivity index (χ0) is 23.4. The van der Waals surface area contributed by atoms with Gasteiger partial charge in [0.05, 0.1) is 5.92 Å². The molecule has 2 heterocycles. The van der Waals surface area contributed by atoms with Crippen LogP contribution in [0, 0.1) is 17.8 Å². The van der Waals surface area contributed by atoms with E-state index < -0.39 is 5.54 Å². The van der Waals surface area contributed by atoms with Crippen LogP contribution in [0.25, 0.3) is 0 Å². The molecule has 0 spiro atoms. The van der Waals surface area contributed by atoms with Crippen molar-refractivity contribution < 1.29 is 9.59 Å². The van der Waals surface area contributed by atoms with Gasteiger partial charge in [-0.1, -0.05) is 56.5 Å². The smallest absolute Gasteiger partial charge is 0.238 e. The standard InChI is InChI=1S/C27H42N4O2/c1-3-27(29-2,26(28)33)24(21-12-8-5-9-13-21)25(32)31-17-15-22-18-30(19-23(22)31)16-14-20-10-6-4-7-11-20/h4,6-7,10-11,21-24,29H,3,5,8-9,12-19H2,1-2H3,(H2,28,33)/t22-,23+,24-,27?/m1/s1. The average Bonchev–Trinajstić information content (AvgIpc) is 3.42. The van der Waals surface area contributed by atoms with E-state index in [2.05, 4.69) is 45.4 Å². The second kappa shape index (κ2) is 10.6. The maximum absolute atomic E-state index is 14.2. The monoisotopic (exact) mass is 454 g/mol. The van der Waals surface area contributed by atoms with Crippen molar-refractivity contribution in [1.29, 1.82) is 0 Å². The number of carbonyl (C=O) groups is 2. The summed E-state index contributed by atoms with van der Waals surface area (Å²) in [6.07, 6.45) is 8.15. The minimum absolute atomic E-state index is 0.161. The molecule has 2 saturated heterocycles. The highest BCUT2D eigenvalue weighted by atomic mass is 16.2. The fourth-order valence-corrected chi connectivity index (χ4v) is 6.90. The largest absolute Gasteiger partial charge is 0.368 e. The zero-order valence-corrected chi connectivity index (χ0v) is 20.5. The van der Waals surface area contributed by atoms with Crippen molar-refractivity contribution >= 4 is 11.8 Å². The third kappa shape index (κ3) is 4.83. The predicted molar refractivity (Wildman–Crippen MR) is 132 cm³/mol. The summed E-state index contributed by atoms with van der Waals surface area (Å²) in [4.78, 5) is 31.6. The maximum atomic E-state index is 14.2. The van der Waals surface area contributed by atoms with Crippen molar-refractivity contribution in [3.05, 3.63) is 35.9 Å². The van der Waals surface area contributed by atoms with Crippen LogP contribution in [0.2, 0.25) is 0 Å². The lowest BCUT2D eigenvalue weighted by molar-refractivity contribution is -0.148. The fourth-order valence-electron chi connectivity index (χ4n) is 6.90. The fraction of sp³-hybridized carbons (Fsp3) is 0.704. The van der Waals surface area contributed by atoms with E-state index in [1.54, 1.807) is 7.05 Å². The number of nitrogens with two attached hydrogens (primary N) is 1. The first-order chi connectivity index (χ1) is 16.0. The Morgan fingerprint density at radius 1 is 1.12 bits per heavy atom. The summed E-state index contributed by atoms with van der Waals surface area (Å²) in [5.41, 5.74) is 6.37. The molecule has 2 amide bonds. The molecule has 4 atom stereocenters. The van der Waals surface area contributed by atoms with Gasteiger partial charge in [-0.3, -0.25) is 9.59 Å². The normalized spacial score (nSPS) is 26.7. The molecular formula is C27H42N4O2. The number of carbonyl (C=O) groups excluding carboxylic acids is 2. The van der Waals surface area contributed by atoms with E-state index in [1.807, 2.05) is 6.92 Å². The molecule has 6 nitrogen and oxygen atoms in total. The second-order valence-electron chi connectivity index (χ2n) is 10.5. The van der Waals surface area contributed by atoms with Crippen LogP contribution >= 0.6 is 0 Å². The molecule has 1 saturated carbocycles. The Kier molecular flexibility index (Phi) is 7.75. The van der Waals surface area contributed by atoms with Gasteiger partial charge >= 0.3 is 0 Å². The second-order valence-corrected chi connectivity index (χ2v) is 10.5. The van der Waals surface area contributed by atoms with Crippen molar-refractivity contribution in [2.24, 2.45) is 23.5 Å². The summed E-state index contributed by atoms with van der Waals surface area (Å²) >= 11 is 0. The van der Waals surface area contributed by atoms with Crippen molar-refractivity contribution in [2.75, 3.05) is 33.2 Å². The van der Waals surface area contributed by atoms with Gasteiger partial charge in [0.1, 0.15) is 5.54 Å². The topological polar surface area (TPSA) is 78.7 Å². The van der Waals surface area contributed by atoms with Gasteiger partial charge in [-0.15, -0.1) is 0 Å². The first kappa shape index (κ1) is 24.2. The van der Waals surface area contributed by atoms with Gasteiger partial charge in [-0.05, 0) is 56.6 Å². The summed E-state index contributed by atoms with van der Waals surface area (Å²) < 4.78 is 0.